The van der Waals surface area contributed by atoms with Gasteiger partial charge in [-0.3, -0.25) is 4.79 Å². The summed E-state index contributed by atoms with van der Waals surface area (Å²) in [4.78, 5) is 23.3. The van der Waals surface area contributed by atoms with Crippen molar-refractivity contribution in [2.24, 2.45) is 5.92 Å². The van der Waals surface area contributed by atoms with Gasteiger partial charge < -0.3 is 10.4 Å². The van der Waals surface area contributed by atoms with Gasteiger partial charge in [-0.05, 0) is 36.7 Å². The van der Waals surface area contributed by atoms with Crippen LogP contribution in [0.4, 0.5) is 0 Å². The van der Waals surface area contributed by atoms with Crippen molar-refractivity contribution in [3.63, 3.8) is 0 Å². The number of rotatable bonds is 5. The van der Waals surface area contributed by atoms with E-state index < -0.39 is 12.0 Å². The van der Waals surface area contributed by atoms with Gasteiger partial charge in [0.15, 0.2) is 0 Å². The van der Waals surface area contributed by atoms with Crippen molar-refractivity contribution in [2.75, 3.05) is 0 Å². The highest BCUT2D eigenvalue weighted by Gasteiger charge is 2.37. The number of carboxylic acid groups (broad SMARTS) is 1. The highest BCUT2D eigenvalue weighted by Crippen LogP contribution is 2.33. The third-order valence-corrected chi connectivity index (χ3v) is 3.51. The fourth-order valence-electron chi connectivity index (χ4n) is 1.63. The molecule has 0 saturated heterocycles. The number of hydrogen-bond acceptors (Lipinski definition) is 5. The van der Waals surface area contributed by atoms with Gasteiger partial charge in [0, 0.05) is 0 Å². The number of amides is 1. The largest absolute Gasteiger partial charge is 0.480 e. The Morgan fingerprint density at radius 2 is 2.29 bits per heavy atom. The molecule has 0 aromatic carbocycles. The lowest BCUT2D eigenvalue weighted by Crippen LogP contribution is -2.42. The lowest BCUT2D eigenvalue weighted by atomic mass is 10.2. The minimum absolute atomic E-state index is 0.0717. The SMILES string of the molecule is CCc1nnsc1C(=O)NC(C(=O)O)C1CC1. The molecule has 1 atom stereocenters. The molecule has 7 heteroatoms. The van der Waals surface area contributed by atoms with Gasteiger partial charge in [0.25, 0.3) is 5.91 Å². The third-order valence-electron chi connectivity index (χ3n) is 2.74. The second-order valence-corrected chi connectivity index (χ2v) is 4.78. The van der Waals surface area contributed by atoms with Crippen LogP contribution in [0.15, 0.2) is 0 Å². The Hall–Kier alpha value is -1.50. The summed E-state index contributed by atoms with van der Waals surface area (Å²) in [6.07, 6.45) is 2.33. The Morgan fingerprint density at radius 3 is 2.82 bits per heavy atom. The van der Waals surface area contributed by atoms with E-state index in [0.717, 1.165) is 24.4 Å². The maximum Gasteiger partial charge on any atom is 0.326 e. The van der Waals surface area contributed by atoms with E-state index in [-0.39, 0.29) is 11.8 Å². The molecule has 0 spiro atoms. The molecule has 1 aromatic rings. The average Bonchev–Trinajstić information content (AvgIpc) is 3.01. The average molecular weight is 255 g/mol. The molecule has 1 unspecified atom stereocenters. The Bertz CT molecular complexity index is 442. The summed E-state index contributed by atoms with van der Waals surface area (Å²) in [6, 6.07) is -0.783. The Balaban J connectivity index is 2.07. The molecule has 0 bridgehead atoms. The molecule has 0 aliphatic heterocycles. The van der Waals surface area contributed by atoms with E-state index in [4.69, 9.17) is 5.11 Å². The monoisotopic (exact) mass is 255 g/mol. The molecule has 0 radical (unpaired) electrons. The number of aryl methyl sites for hydroxylation is 1. The summed E-state index contributed by atoms with van der Waals surface area (Å²) < 4.78 is 3.71. The molecule has 1 aromatic heterocycles. The van der Waals surface area contributed by atoms with Crippen LogP contribution in [0.1, 0.15) is 35.1 Å². The number of carbonyl (C=O) groups excluding carboxylic acids is 1. The van der Waals surface area contributed by atoms with E-state index >= 15 is 0 Å². The highest BCUT2D eigenvalue weighted by molar-refractivity contribution is 7.08. The zero-order chi connectivity index (χ0) is 12.4. The van der Waals surface area contributed by atoms with E-state index in [0.29, 0.717) is 17.0 Å². The minimum Gasteiger partial charge on any atom is -0.480 e. The van der Waals surface area contributed by atoms with Gasteiger partial charge in [-0.1, -0.05) is 11.4 Å². The summed E-state index contributed by atoms with van der Waals surface area (Å²) in [5.74, 6) is -1.28. The van der Waals surface area contributed by atoms with E-state index in [1.54, 1.807) is 0 Å². The summed E-state index contributed by atoms with van der Waals surface area (Å²) in [7, 11) is 0. The maximum absolute atomic E-state index is 11.9. The Morgan fingerprint density at radius 1 is 1.59 bits per heavy atom. The normalized spacial score (nSPS) is 16.5. The minimum atomic E-state index is -0.976. The molecule has 1 fully saturated rings. The van der Waals surface area contributed by atoms with Crippen molar-refractivity contribution < 1.29 is 14.7 Å². The zero-order valence-corrected chi connectivity index (χ0v) is 10.2. The molecule has 2 N–H and O–H groups in total. The first-order valence-corrected chi connectivity index (χ1v) is 6.25. The number of nitrogens with one attached hydrogen (secondary N) is 1. The second-order valence-electron chi connectivity index (χ2n) is 4.03. The predicted octanol–water partition coefficient (Wildman–Crippen LogP) is 0.693. The van der Waals surface area contributed by atoms with Gasteiger partial charge in [0.1, 0.15) is 10.9 Å². The van der Waals surface area contributed by atoms with E-state index in [1.165, 1.54) is 0 Å². The lowest BCUT2D eigenvalue weighted by Gasteiger charge is -2.12. The van der Waals surface area contributed by atoms with Crippen LogP contribution in [0.25, 0.3) is 0 Å². The topological polar surface area (TPSA) is 92.2 Å². The molecule has 6 nitrogen and oxygen atoms in total. The summed E-state index contributed by atoms with van der Waals surface area (Å²) >= 11 is 1.00. The molecular formula is C10H13N3O3S. The van der Waals surface area contributed by atoms with Gasteiger partial charge >= 0.3 is 5.97 Å². The number of aliphatic carboxylic acids is 1. The van der Waals surface area contributed by atoms with Gasteiger partial charge in [-0.2, -0.15) is 0 Å². The number of aromatic nitrogens is 2. The van der Waals surface area contributed by atoms with Gasteiger partial charge in [0.2, 0.25) is 0 Å². The maximum atomic E-state index is 11.9. The fourth-order valence-corrected chi connectivity index (χ4v) is 2.28. The predicted molar refractivity (Wildman–Crippen MR) is 60.9 cm³/mol. The first-order chi connectivity index (χ1) is 8.13. The molecule has 1 aliphatic rings. The molecule has 17 heavy (non-hydrogen) atoms. The molecule has 1 heterocycles. The van der Waals surface area contributed by atoms with Crippen LogP contribution >= 0.6 is 11.5 Å². The number of carbonyl (C=O) groups is 2. The standard InChI is InChI=1S/C10H13N3O3S/c1-2-6-8(17-13-12-6)9(14)11-7(10(15)16)5-3-4-5/h5,7H,2-4H2,1H3,(H,11,14)(H,15,16). The number of hydrogen-bond donors (Lipinski definition) is 2. The smallest absolute Gasteiger partial charge is 0.326 e. The molecule has 1 saturated carbocycles. The van der Waals surface area contributed by atoms with Gasteiger partial charge in [-0.25, -0.2) is 4.79 Å². The third kappa shape index (κ3) is 2.60. The molecule has 1 amide bonds. The van der Waals surface area contributed by atoms with Crippen molar-refractivity contribution >= 4 is 23.4 Å². The van der Waals surface area contributed by atoms with Crippen LogP contribution in [-0.4, -0.2) is 32.6 Å². The first kappa shape index (κ1) is 12.0. The number of nitrogens with zero attached hydrogens (tertiary/aromatic N) is 2. The molecule has 92 valence electrons. The van der Waals surface area contributed by atoms with E-state index in [9.17, 15) is 9.59 Å². The zero-order valence-electron chi connectivity index (χ0n) is 9.34. The quantitative estimate of drug-likeness (QED) is 0.807. The van der Waals surface area contributed by atoms with Crippen molar-refractivity contribution in [1.82, 2.24) is 14.9 Å². The Labute approximate surface area is 102 Å². The first-order valence-electron chi connectivity index (χ1n) is 5.48. The van der Waals surface area contributed by atoms with Crippen LogP contribution in [0.5, 0.6) is 0 Å². The second kappa shape index (κ2) is 4.79. The molecule has 1 aliphatic carbocycles. The van der Waals surface area contributed by atoms with Crippen LogP contribution in [-0.2, 0) is 11.2 Å². The lowest BCUT2D eigenvalue weighted by molar-refractivity contribution is -0.139. The van der Waals surface area contributed by atoms with Crippen LogP contribution in [0.3, 0.4) is 0 Å². The summed E-state index contributed by atoms with van der Waals surface area (Å²) in [6.45, 7) is 1.88. The van der Waals surface area contributed by atoms with Crippen molar-refractivity contribution in [1.29, 1.82) is 0 Å². The fraction of sp³-hybridized carbons (Fsp3) is 0.600. The number of carboxylic acids is 1. The van der Waals surface area contributed by atoms with Crippen molar-refractivity contribution in [2.45, 2.75) is 32.2 Å². The van der Waals surface area contributed by atoms with Crippen molar-refractivity contribution in [3.8, 4) is 0 Å². The van der Waals surface area contributed by atoms with E-state index in [1.807, 2.05) is 6.92 Å². The molecule has 2 rings (SSSR count). The summed E-state index contributed by atoms with van der Waals surface area (Å²) in [5, 5.41) is 15.4. The van der Waals surface area contributed by atoms with E-state index in [2.05, 4.69) is 14.9 Å². The van der Waals surface area contributed by atoms with Crippen molar-refractivity contribution in [3.05, 3.63) is 10.6 Å². The van der Waals surface area contributed by atoms with Crippen LogP contribution < -0.4 is 5.32 Å². The van der Waals surface area contributed by atoms with Gasteiger partial charge in [-0.15, -0.1) is 5.10 Å². The van der Waals surface area contributed by atoms with Crippen LogP contribution in [0, 0.1) is 5.92 Å². The molecular weight excluding hydrogens is 242 g/mol. The Kier molecular flexibility index (Phi) is 3.37. The summed E-state index contributed by atoms with van der Waals surface area (Å²) in [5.41, 5.74) is 0.618. The van der Waals surface area contributed by atoms with Gasteiger partial charge in [0.05, 0.1) is 5.69 Å². The van der Waals surface area contributed by atoms with Crippen LogP contribution in [0.2, 0.25) is 0 Å². The highest BCUT2D eigenvalue weighted by atomic mass is 32.1.